The van der Waals surface area contributed by atoms with E-state index >= 15 is 0 Å². The van der Waals surface area contributed by atoms with Crippen LogP contribution in [0.25, 0.3) is 0 Å². The van der Waals surface area contributed by atoms with Gasteiger partial charge < -0.3 is 19.5 Å². The van der Waals surface area contributed by atoms with Gasteiger partial charge in [-0.25, -0.2) is 0 Å². The molecule has 0 saturated carbocycles. The maximum atomic E-state index is 5.26. The van der Waals surface area contributed by atoms with Gasteiger partial charge in [0.25, 0.3) is 0 Å². The Labute approximate surface area is 125 Å². The van der Waals surface area contributed by atoms with Crippen molar-refractivity contribution >= 4 is 11.4 Å². The van der Waals surface area contributed by atoms with Crippen LogP contribution in [0.5, 0.6) is 11.5 Å². The minimum absolute atomic E-state index is 0.736. The van der Waals surface area contributed by atoms with Gasteiger partial charge in [-0.2, -0.15) is 0 Å². The lowest BCUT2D eigenvalue weighted by Gasteiger charge is -2.11. The zero-order valence-corrected chi connectivity index (χ0v) is 12.7. The van der Waals surface area contributed by atoms with Gasteiger partial charge in [-0.1, -0.05) is 12.1 Å². The first-order valence-corrected chi connectivity index (χ1v) is 6.83. The number of rotatable bonds is 7. The van der Waals surface area contributed by atoms with E-state index in [-0.39, 0.29) is 0 Å². The molecule has 112 valence electrons. The summed E-state index contributed by atoms with van der Waals surface area (Å²) in [5.41, 5.74) is 3.20. The van der Waals surface area contributed by atoms with E-state index in [1.807, 2.05) is 18.2 Å². The number of ether oxygens (including phenoxy) is 3. The molecule has 0 aliphatic heterocycles. The third kappa shape index (κ3) is 4.39. The van der Waals surface area contributed by atoms with Crippen molar-refractivity contribution in [3.05, 3.63) is 48.0 Å². The third-order valence-corrected chi connectivity index (χ3v) is 3.19. The Morgan fingerprint density at radius 1 is 0.810 bits per heavy atom. The number of benzene rings is 2. The van der Waals surface area contributed by atoms with Gasteiger partial charge >= 0.3 is 0 Å². The van der Waals surface area contributed by atoms with E-state index in [2.05, 4.69) is 29.6 Å². The second kappa shape index (κ2) is 7.55. The molecule has 0 unspecified atom stereocenters. The van der Waals surface area contributed by atoms with Crippen LogP contribution in [0.4, 0.5) is 11.4 Å². The van der Waals surface area contributed by atoms with Crippen LogP contribution in [0.3, 0.4) is 0 Å². The monoisotopic (exact) mass is 287 g/mol. The normalized spacial score (nSPS) is 10.2. The first-order chi connectivity index (χ1) is 10.2. The highest BCUT2D eigenvalue weighted by atomic mass is 16.5. The molecule has 0 aliphatic rings. The molecule has 0 aromatic heterocycles. The summed E-state index contributed by atoms with van der Waals surface area (Å²) < 4.78 is 15.6. The van der Waals surface area contributed by atoms with Crippen molar-refractivity contribution < 1.29 is 14.2 Å². The summed E-state index contributed by atoms with van der Waals surface area (Å²) >= 11 is 0. The van der Waals surface area contributed by atoms with E-state index in [0.29, 0.717) is 0 Å². The Morgan fingerprint density at radius 3 is 1.95 bits per heavy atom. The number of methoxy groups -OCH3 is 3. The summed E-state index contributed by atoms with van der Waals surface area (Å²) in [6.07, 6.45) is 0.920. The Bertz CT molecular complexity index is 544. The molecule has 0 radical (unpaired) electrons. The van der Waals surface area contributed by atoms with Crippen molar-refractivity contribution in [1.29, 1.82) is 0 Å². The molecule has 2 aromatic carbocycles. The van der Waals surface area contributed by atoms with Gasteiger partial charge in [-0.15, -0.1) is 0 Å². The lowest BCUT2D eigenvalue weighted by Crippen LogP contribution is -1.96. The van der Waals surface area contributed by atoms with Gasteiger partial charge in [0.05, 0.1) is 20.8 Å². The quantitative estimate of drug-likeness (QED) is 0.844. The van der Waals surface area contributed by atoms with Crippen molar-refractivity contribution in [3.8, 4) is 11.5 Å². The summed E-state index contributed by atoms with van der Waals surface area (Å²) in [6.45, 7) is 0.736. The average molecular weight is 287 g/mol. The minimum Gasteiger partial charge on any atom is -0.497 e. The predicted octanol–water partition coefficient (Wildman–Crippen LogP) is 3.64. The molecule has 1 N–H and O–H groups in total. The first-order valence-electron chi connectivity index (χ1n) is 6.83. The molecule has 0 amide bonds. The molecule has 0 spiro atoms. The van der Waals surface area contributed by atoms with E-state index in [4.69, 9.17) is 14.2 Å². The highest BCUT2D eigenvalue weighted by Crippen LogP contribution is 2.28. The second-order valence-electron chi connectivity index (χ2n) is 4.67. The molecular formula is C17H21NO3. The summed E-state index contributed by atoms with van der Waals surface area (Å²) in [5.74, 6) is 1.52. The van der Waals surface area contributed by atoms with Crippen molar-refractivity contribution in [1.82, 2.24) is 0 Å². The molecule has 4 heteroatoms. The summed E-state index contributed by atoms with van der Waals surface area (Å²) in [6, 6.07) is 14.0. The van der Waals surface area contributed by atoms with Gasteiger partial charge in [0, 0.05) is 36.7 Å². The summed E-state index contributed by atoms with van der Waals surface area (Å²) in [4.78, 5) is 0. The largest absolute Gasteiger partial charge is 0.497 e. The molecule has 21 heavy (non-hydrogen) atoms. The van der Waals surface area contributed by atoms with Crippen LogP contribution in [-0.4, -0.2) is 27.9 Å². The van der Waals surface area contributed by atoms with Crippen molar-refractivity contribution in [2.24, 2.45) is 0 Å². The third-order valence-electron chi connectivity index (χ3n) is 3.19. The Kier molecular flexibility index (Phi) is 5.46. The van der Waals surface area contributed by atoms with Crippen LogP contribution in [-0.2, 0) is 11.2 Å². The summed E-state index contributed by atoms with van der Waals surface area (Å²) in [5, 5.41) is 3.35. The summed E-state index contributed by atoms with van der Waals surface area (Å²) in [7, 11) is 5.00. The van der Waals surface area contributed by atoms with E-state index < -0.39 is 0 Å². The van der Waals surface area contributed by atoms with Crippen LogP contribution in [0, 0.1) is 0 Å². The van der Waals surface area contributed by atoms with Gasteiger partial charge in [-0.05, 0) is 24.1 Å². The van der Waals surface area contributed by atoms with Gasteiger partial charge in [-0.3, -0.25) is 0 Å². The topological polar surface area (TPSA) is 39.7 Å². The Balaban J connectivity index is 2.10. The Hall–Kier alpha value is -2.20. The lowest BCUT2D eigenvalue weighted by molar-refractivity contribution is 0.202. The van der Waals surface area contributed by atoms with E-state index in [0.717, 1.165) is 35.9 Å². The fourth-order valence-corrected chi connectivity index (χ4v) is 2.02. The van der Waals surface area contributed by atoms with Crippen molar-refractivity contribution in [2.75, 3.05) is 33.3 Å². The highest BCUT2D eigenvalue weighted by Gasteiger charge is 2.02. The van der Waals surface area contributed by atoms with Gasteiger partial charge in [0.1, 0.15) is 11.5 Å². The maximum Gasteiger partial charge on any atom is 0.124 e. The molecule has 0 fully saturated rings. The zero-order chi connectivity index (χ0) is 15.1. The molecule has 0 heterocycles. The number of hydrogen-bond donors (Lipinski definition) is 1. The van der Waals surface area contributed by atoms with E-state index in [9.17, 15) is 0 Å². The molecule has 0 atom stereocenters. The SMILES string of the molecule is COCCc1ccc(Nc2cc(OC)cc(OC)c2)cc1. The second-order valence-corrected chi connectivity index (χ2v) is 4.67. The van der Waals surface area contributed by atoms with Crippen LogP contribution >= 0.6 is 0 Å². The molecule has 2 rings (SSSR count). The van der Waals surface area contributed by atoms with Crippen LogP contribution < -0.4 is 14.8 Å². The maximum absolute atomic E-state index is 5.26. The van der Waals surface area contributed by atoms with Gasteiger partial charge in [0.2, 0.25) is 0 Å². The van der Waals surface area contributed by atoms with E-state index in [1.165, 1.54) is 5.56 Å². The lowest BCUT2D eigenvalue weighted by atomic mass is 10.1. The van der Waals surface area contributed by atoms with Crippen molar-refractivity contribution in [2.45, 2.75) is 6.42 Å². The Morgan fingerprint density at radius 2 is 1.43 bits per heavy atom. The molecule has 0 saturated heterocycles. The molecule has 2 aromatic rings. The fraction of sp³-hybridized carbons (Fsp3) is 0.294. The number of hydrogen-bond acceptors (Lipinski definition) is 4. The standard InChI is InChI=1S/C17H21NO3/c1-19-9-8-13-4-6-14(7-5-13)18-15-10-16(20-2)12-17(11-15)21-3/h4-7,10-12,18H,8-9H2,1-3H3. The minimum atomic E-state index is 0.736. The first kappa shape index (κ1) is 15.2. The average Bonchev–Trinajstić information content (AvgIpc) is 2.53. The number of nitrogens with one attached hydrogen (secondary N) is 1. The smallest absolute Gasteiger partial charge is 0.124 e. The van der Waals surface area contributed by atoms with Crippen LogP contribution in [0.2, 0.25) is 0 Å². The molecule has 0 aliphatic carbocycles. The van der Waals surface area contributed by atoms with Gasteiger partial charge in [0.15, 0.2) is 0 Å². The zero-order valence-electron chi connectivity index (χ0n) is 12.7. The number of anilines is 2. The molecule has 4 nitrogen and oxygen atoms in total. The predicted molar refractivity (Wildman–Crippen MR) is 84.9 cm³/mol. The van der Waals surface area contributed by atoms with Crippen LogP contribution in [0.1, 0.15) is 5.56 Å². The van der Waals surface area contributed by atoms with Crippen molar-refractivity contribution in [3.63, 3.8) is 0 Å². The highest BCUT2D eigenvalue weighted by molar-refractivity contribution is 5.63. The molecular weight excluding hydrogens is 266 g/mol. The van der Waals surface area contributed by atoms with E-state index in [1.54, 1.807) is 21.3 Å². The van der Waals surface area contributed by atoms with Crippen LogP contribution in [0.15, 0.2) is 42.5 Å². The fourth-order valence-electron chi connectivity index (χ4n) is 2.02. The molecule has 0 bridgehead atoms.